The fraction of sp³-hybridized carbons (Fsp3) is 0.0714. The van der Waals surface area contributed by atoms with Crippen molar-refractivity contribution in [1.82, 2.24) is 5.32 Å². The molecule has 0 aliphatic heterocycles. The van der Waals surface area contributed by atoms with Gasteiger partial charge in [0.15, 0.2) is 0 Å². The third kappa shape index (κ3) is 3.09. The fourth-order valence-corrected chi connectivity index (χ4v) is 1.62. The summed E-state index contributed by atoms with van der Waals surface area (Å²) in [5.74, 6) is -3.46. The van der Waals surface area contributed by atoms with Crippen LogP contribution in [0.1, 0.15) is 15.9 Å². The highest BCUT2D eigenvalue weighted by atomic mass is 19.1. The monoisotopic (exact) mass is 281 g/mol. The number of carbonyl (C=O) groups is 1. The Balaban J connectivity index is 2.08. The highest BCUT2D eigenvalue weighted by molar-refractivity contribution is 5.94. The van der Waals surface area contributed by atoms with Crippen LogP contribution < -0.4 is 5.32 Å². The van der Waals surface area contributed by atoms with E-state index in [-0.39, 0.29) is 23.4 Å². The number of carbonyl (C=O) groups excluding carboxylic acids is 1. The Bertz CT molecular complexity index is 659. The lowest BCUT2D eigenvalue weighted by molar-refractivity contribution is 0.0946. The number of aromatic hydroxyl groups is 1. The van der Waals surface area contributed by atoms with E-state index in [1.165, 1.54) is 6.07 Å². The summed E-state index contributed by atoms with van der Waals surface area (Å²) in [6, 6.07) is 6.03. The van der Waals surface area contributed by atoms with Crippen molar-refractivity contribution < 1.29 is 23.1 Å². The van der Waals surface area contributed by atoms with Gasteiger partial charge in [-0.15, -0.1) is 0 Å². The van der Waals surface area contributed by atoms with Crippen molar-refractivity contribution in [2.24, 2.45) is 0 Å². The van der Waals surface area contributed by atoms with E-state index in [9.17, 15) is 18.0 Å². The van der Waals surface area contributed by atoms with Crippen molar-refractivity contribution in [3.05, 3.63) is 65.0 Å². The third-order valence-corrected chi connectivity index (χ3v) is 2.65. The Kier molecular flexibility index (Phi) is 3.93. The molecule has 0 atom stereocenters. The summed E-state index contributed by atoms with van der Waals surface area (Å²) in [4.78, 5) is 11.7. The average Bonchev–Trinajstić information content (AvgIpc) is 2.37. The predicted octanol–water partition coefficient (Wildman–Crippen LogP) is 2.74. The molecule has 6 heteroatoms. The molecule has 1 amide bonds. The van der Waals surface area contributed by atoms with Gasteiger partial charge in [0, 0.05) is 24.2 Å². The predicted molar refractivity (Wildman–Crippen MR) is 65.6 cm³/mol. The van der Waals surface area contributed by atoms with E-state index >= 15 is 0 Å². The minimum absolute atomic E-state index is 0.0823. The number of benzene rings is 2. The number of nitrogens with one attached hydrogen (secondary N) is 1. The van der Waals surface area contributed by atoms with Gasteiger partial charge in [-0.05, 0) is 18.2 Å². The first kappa shape index (κ1) is 13.9. The Morgan fingerprint density at radius 2 is 1.80 bits per heavy atom. The van der Waals surface area contributed by atoms with Crippen LogP contribution in [-0.4, -0.2) is 11.0 Å². The summed E-state index contributed by atoms with van der Waals surface area (Å²) >= 11 is 0. The van der Waals surface area contributed by atoms with Gasteiger partial charge < -0.3 is 10.4 Å². The lowest BCUT2D eigenvalue weighted by Gasteiger charge is -2.07. The molecular formula is C14H10F3NO2. The molecule has 0 heterocycles. The minimum atomic E-state index is -0.887. The average molecular weight is 281 g/mol. The summed E-state index contributed by atoms with van der Waals surface area (Å²) in [5, 5.41) is 11.3. The van der Waals surface area contributed by atoms with E-state index in [2.05, 4.69) is 5.32 Å². The van der Waals surface area contributed by atoms with Gasteiger partial charge in [0.25, 0.3) is 5.91 Å². The van der Waals surface area contributed by atoms with Gasteiger partial charge in [-0.1, -0.05) is 6.07 Å². The minimum Gasteiger partial charge on any atom is -0.508 e. The largest absolute Gasteiger partial charge is 0.508 e. The number of hydrogen-bond donors (Lipinski definition) is 2. The maximum Gasteiger partial charge on any atom is 0.254 e. The van der Waals surface area contributed by atoms with Crippen molar-refractivity contribution >= 4 is 5.91 Å². The van der Waals surface area contributed by atoms with Gasteiger partial charge in [0.2, 0.25) is 0 Å². The zero-order chi connectivity index (χ0) is 14.7. The van der Waals surface area contributed by atoms with Crippen LogP contribution in [0.2, 0.25) is 0 Å². The molecule has 0 saturated heterocycles. The Morgan fingerprint density at radius 3 is 2.45 bits per heavy atom. The molecule has 0 radical (unpaired) electrons. The van der Waals surface area contributed by atoms with E-state index in [0.29, 0.717) is 6.07 Å². The van der Waals surface area contributed by atoms with Gasteiger partial charge in [-0.2, -0.15) is 0 Å². The second kappa shape index (κ2) is 5.64. The van der Waals surface area contributed by atoms with Gasteiger partial charge in [0.05, 0.1) is 5.56 Å². The summed E-state index contributed by atoms with van der Waals surface area (Å²) in [6.45, 7) is -0.203. The smallest absolute Gasteiger partial charge is 0.254 e. The van der Waals surface area contributed by atoms with Crippen LogP contribution >= 0.6 is 0 Å². The van der Waals surface area contributed by atoms with E-state index in [4.69, 9.17) is 5.11 Å². The Hall–Kier alpha value is -2.50. The van der Waals surface area contributed by atoms with Gasteiger partial charge >= 0.3 is 0 Å². The molecule has 2 N–H and O–H groups in total. The molecule has 0 unspecified atom stereocenters. The highest BCUT2D eigenvalue weighted by Gasteiger charge is 2.13. The quantitative estimate of drug-likeness (QED) is 0.908. The maximum absolute atomic E-state index is 13.4. The van der Waals surface area contributed by atoms with Crippen LogP contribution in [0.15, 0.2) is 36.4 Å². The summed E-state index contributed by atoms with van der Waals surface area (Å²) < 4.78 is 39.5. The van der Waals surface area contributed by atoms with Crippen molar-refractivity contribution in [2.75, 3.05) is 0 Å². The maximum atomic E-state index is 13.4. The number of phenols is 1. The molecule has 3 nitrogen and oxygen atoms in total. The van der Waals surface area contributed by atoms with Crippen molar-refractivity contribution in [3.63, 3.8) is 0 Å². The normalized spacial score (nSPS) is 10.3. The molecule has 0 aliphatic rings. The van der Waals surface area contributed by atoms with Crippen LogP contribution in [0.3, 0.4) is 0 Å². The topological polar surface area (TPSA) is 49.3 Å². The molecule has 0 saturated carbocycles. The van der Waals surface area contributed by atoms with Crippen molar-refractivity contribution in [3.8, 4) is 5.75 Å². The number of amides is 1. The molecule has 2 aromatic rings. The lowest BCUT2D eigenvalue weighted by atomic mass is 10.1. The molecular weight excluding hydrogens is 271 g/mol. The molecule has 0 spiro atoms. The van der Waals surface area contributed by atoms with Gasteiger partial charge in [-0.25, -0.2) is 13.2 Å². The molecule has 0 bridgehead atoms. The zero-order valence-electron chi connectivity index (χ0n) is 10.2. The van der Waals surface area contributed by atoms with Crippen LogP contribution in [0.5, 0.6) is 5.75 Å². The van der Waals surface area contributed by atoms with E-state index in [1.54, 1.807) is 0 Å². The number of phenolic OH excluding ortho intramolecular Hbond substituents is 1. The van der Waals surface area contributed by atoms with E-state index < -0.39 is 23.4 Å². The first-order valence-corrected chi connectivity index (χ1v) is 5.68. The molecule has 0 fully saturated rings. The van der Waals surface area contributed by atoms with Gasteiger partial charge in [0.1, 0.15) is 23.2 Å². The SMILES string of the molecule is O=C(NCc1ccc(F)cc1F)c1ccc(O)cc1F. The first-order chi connectivity index (χ1) is 9.47. The van der Waals surface area contributed by atoms with Crippen molar-refractivity contribution in [2.45, 2.75) is 6.54 Å². The van der Waals surface area contributed by atoms with Crippen LogP contribution in [0.25, 0.3) is 0 Å². The Labute approximate surface area is 112 Å². The fourth-order valence-electron chi connectivity index (χ4n) is 1.62. The molecule has 0 aliphatic carbocycles. The molecule has 104 valence electrons. The standard InChI is InChI=1S/C14H10F3NO2/c15-9-2-1-8(12(16)5-9)7-18-14(20)11-4-3-10(19)6-13(11)17/h1-6,19H,7H2,(H,18,20). The van der Waals surface area contributed by atoms with Crippen LogP contribution in [0.4, 0.5) is 13.2 Å². The first-order valence-electron chi connectivity index (χ1n) is 5.68. The zero-order valence-corrected chi connectivity index (χ0v) is 10.2. The highest BCUT2D eigenvalue weighted by Crippen LogP contribution is 2.15. The van der Waals surface area contributed by atoms with E-state index in [1.807, 2.05) is 0 Å². The van der Waals surface area contributed by atoms with Crippen molar-refractivity contribution in [1.29, 1.82) is 0 Å². The molecule has 2 rings (SSSR count). The van der Waals surface area contributed by atoms with Gasteiger partial charge in [-0.3, -0.25) is 4.79 Å². The number of halogens is 3. The number of rotatable bonds is 3. The number of hydrogen-bond acceptors (Lipinski definition) is 2. The van der Waals surface area contributed by atoms with Crippen LogP contribution in [0, 0.1) is 17.5 Å². The summed E-state index contributed by atoms with van der Waals surface area (Å²) in [6.07, 6.45) is 0. The second-order valence-corrected chi connectivity index (χ2v) is 4.08. The lowest BCUT2D eigenvalue weighted by Crippen LogP contribution is -2.24. The van der Waals surface area contributed by atoms with E-state index in [0.717, 1.165) is 24.3 Å². The summed E-state index contributed by atoms with van der Waals surface area (Å²) in [5.41, 5.74) is -0.191. The molecule has 2 aromatic carbocycles. The summed E-state index contributed by atoms with van der Waals surface area (Å²) in [7, 11) is 0. The molecule has 20 heavy (non-hydrogen) atoms. The molecule has 0 aromatic heterocycles. The van der Waals surface area contributed by atoms with Crippen LogP contribution in [-0.2, 0) is 6.54 Å². The Morgan fingerprint density at radius 1 is 1.05 bits per heavy atom. The second-order valence-electron chi connectivity index (χ2n) is 4.08. The third-order valence-electron chi connectivity index (χ3n) is 2.65.